The Morgan fingerprint density at radius 2 is 1.95 bits per heavy atom. The lowest BCUT2D eigenvalue weighted by Crippen LogP contribution is -2.41. The third-order valence-corrected chi connectivity index (χ3v) is 6.84. The number of sulfonamides is 1. The van der Waals surface area contributed by atoms with Gasteiger partial charge in [-0.05, 0) is 24.6 Å². The SMILES string of the molecule is Cc1ccc(S(=O)(=O)N2CCO[C@@H](c3ccccc3)C2)s1. The third kappa shape index (κ3) is 3.03. The van der Waals surface area contributed by atoms with Gasteiger partial charge in [0.05, 0.1) is 12.7 Å². The fourth-order valence-corrected chi connectivity index (χ4v) is 5.25. The summed E-state index contributed by atoms with van der Waals surface area (Å²) in [6, 6.07) is 13.3. The van der Waals surface area contributed by atoms with Crippen molar-refractivity contribution in [2.24, 2.45) is 0 Å². The zero-order chi connectivity index (χ0) is 14.9. The van der Waals surface area contributed by atoms with Crippen molar-refractivity contribution in [1.29, 1.82) is 0 Å². The molecule has 4 nitrogen and oxygen atoms in total. The van der Waals surface area contributed by atoms with Crippen LogP contribution in [0.15, 0.2) is 46.7 Å². The number of benzene rings is 1. The van der Waals surface area contributed by atoms with Gasteiger partial charge < -0.3 is 4.74 Å². The molecule has 1 saturated heterocycles. The summed E-state index contributed by atoms with van der Waals surface area (Å²) in [7, 11) is -3.41. The van der Waals surface area contributed by atoms with Gasteiger partial charge in [-0.2, -0.15) is 4.31 Å². The smallest absolute Gasteiger partial charge is 0.252 e. The van der Waals surface area contributed by atoms with E-state index in [9.17, 15) is 8.42 Å². The summed E-state index contributed by atoms with van der Waals surface area (Å²) in [6.07, 6.45) is -0.198. The summed E-state index contributed by atoms with van der Waals surface area (Å²) in [4.78, 5) is 1.00. The van der Waals surface area contributed by atoms with E-state index in [0.29, 0.717) is 23.9 Å². The van der Waals surface area contributed by atoms with E-state index >= 15 is 0 Å². The third-order valence-electron chi connectivity index (χ3n) is 3.51. The minimum absolute atomic E-state index is 0.198. The molecule has 0 amide bonds. The monoisotopic (exact) mass is 323 g/mol. The molecule has 6 heteroatoms. The average Bonchev–Trinajstić information content (AvgIpc) is 2.96. The minimum atomic E-state index is -3.41. The summed E-state index contributed by atoms with van der Waals surface area (Å²) >= 11 is 1.31. The van der Waals surface area contributed by atoms with Crippen LogP contribution in [0.3, 0.4) is 0 Å². The van der Waals surface area contributed by atoms with Gasteiger partial charge in [-0.3, -0.25) is 0 Å². The molecule has 1 atom stereocenters. The average molecular weight is 323 g/mol. The molecule has 0 spiro atoms. The summed E-state index contributed by atoms with van der Waals surface area (Å²) in [5.41, 5.74) is 1.01. The number of nitrogens with zero attached hydrogens (tertiary/aromatic N) is 1. The Kier molecular flexibility index (Phi) is 4.12. The van der Waals surface area contributed by atoms with Crippen LogP contribution in [0.2, 0.25) is 0 Å². The first-order chi connectivity index (χ1) is 10.1. The van der Waals surface area contributed by atoms with Crippen LogP contribution in [-0.2, 0) is 14.8 Å². The summed E-state index contributed by atoms with van der Waals surface area (Å²) in [6.45, 7) is 3.10. The maximum atomic E-state index is 12.7. The standard InChI is InChI=1S/C15H17NO3S2/c1-12-7-8-15(20-12)21(17,18)16-9-10-19-14(11-16)13-5-3-2-4-6-13/h2-8,14H,9-11H2,1H3/t14-/m1/s1. The van der Waals surface area contributed by atoms with Crippen molar-refractivity contribution in [3.8, 4) is 0 Å². The summed E-state index contributed by atoms with van der Waals surface area (Å²) < 4.78 is 33.0. The highest BCUT2D eigenvalue weighted by atomic mass is 32.2. The maximum Gasteiger partial charge on any atom is 0.252 e. The second-order valence-corrected chi connectivity index (χ2v) is 8.45. The molecule has 0 radical (unpaired) electrons. The Labute approximate surface area is 129 Å². The van der Waals surface area contributed by atoms with Crippen LogP contribution in [-0.4, -0.2) is 32.4 Å². The Morgan fingerprint density at radius 3 is 2.62 bits per heavy atom. The number of hydrogen-bond acceptors (Lipinski definition) is 4. The highest BCUT2D eigenvalue weighted by molar-refractivity contribution is 7.91. The number of hydrogen-bond donors (Lipinski definition) is 0. The molecule has 0 unspecified atom stereocenters. The van der Waals surface area contributed by atoms with Crippen molar-refractivity contribution in [2.45, 2.75) is 17.2 Å². The van der Waals surface area contributed by atoms with Crippen molar-refractivity contribution in [1.82, 2.24) is 4.31 Å². The van der Waals surface area contributed by atoms with Crippen LogP contribution in [0.4, 0.5) is 0 Å². The van der Waals surface area contributed by atoms with E-state index in [4.69, 9.17) is 4.74 Å². The van der Waals surface area contributed by atoms with Gasteiger partial charge in [0, 0.05) is 18.0 Å². The molecular weight excluding hydrogens is 306 g/mol. The van der Waals surface area contributed by atoms with Gasteiger partial charge in [0.2, 0.25) is 0 Å². The Hall–Kier alpha value is -1.21. The van der Waals surface area contributed by atoms with Gasteiger partial charge in [-0.15, -0.1) is 11.3 Å². The van der Waals surface area contributed by atoms with Crippen LogP contribution < -0.4 is 0 Å². The first-order valence-electron chi connectivity index (χ1n) is 6.80. The molecule has 1 fully saturated rings. The first-order valence-corrected chi connectivity index (χ1v) is 9.06. The van der Waals surface area contributed by atoms with E-state index in [1.807, 2.05) is 43.3 Å². The number of aryl methyl sites for hydroxylation is 1. The summed E-state index contributed by atoms with van der Waals surface area (Å²) in [5.74, 6) is 0. The van der Waals surface area contributed by atoms with Gasteiger partial charge in [0.25, 0.3) is 10.0 Å². The molecule has 2 aromatic rings. The quantitative estimate of drug-likeness (QED) is 0.872. The summed E-state index contributed by atoms with van der Waals surface area (Å²) in [5, 5.41) is 0. The molecule has 1 aliphatic rings. The fraction of sp³-hybridized carbons (Fsp3) is 0.333. The topological polar surface area (TPSA) is 46.6 Å². The molecule has 3 rings (SSSR count). The van der Waals surface area contributed by atoms with Crippen LogP contribution in [0.1, 0.15) is 16.5 Å². The van der Waals surface area contributed by atoms with Gasteiger partial charge in [0.15, 0.2) is 0 Å². The van der Waals surface area contributed by atoms with Gasteiger partial charge in [-0.1, -0.05) is 30.3 Å². The molecular formula is C15H17NO3S2. The molecule has 0 N–H and O–H groups in total. The first kappa shape index (κ1) is 14.7. The van der Waals surface area contributed by atoms with E-state index in [1.165, 1.54) is 15.6 Å². The normalized spacial score (nSPS) is 20.5. The van der Waals surface area contributed by atoms with E-state index < -0.39 is 10.0 Å². The molecule has 21 heavy (non-hydrogen) atoms. The van der Waals surface area contributed by atoms with Crippen LogP contribution in [0.5, 0.6) is 0 Å². The lowest BCUT2D eigenvalue weighted by atomic mass is 10.1. The van der Waals surface area contributed by atoms with Crippen molar-refractivity contribution >= 4 is 21.4 Å². The molecule has 2 heterocycles. The molecule has 112 valence electrons. The minimum Gasteiger partial charge on any atom is -0.371 e. The second kappa shape index (κ2) is 5.88. The Morgan fingerprint density at radius 1 is 1.19 bits per heavy atom. The Bertz CT molecular complexity index is 710. The second-order valence-electron chi connectivity index (χ2n) is 5.00. The van der Waals surface area contributed by atoms with Crippen molar-refractivity contribution < 1.29 is 13.2 Å². The molecule has 1 aromatic heterocycles. The van der Waals surface area contributed by atoms with Crippen LogP contribution in [0, 0.1) is 6.92 Å². The predicted molar refractivity (Wildman–Crippen MR) is 82.9 cm³/mol. The van der Waals surface area contributed by atoms with Gasteiger partial charge in [-0.25, -0.2) is 8.42 Å². The molecule has 0 aliphatic carbocycles. The van der Waals surface area contributed by atoms with Crippen molar-refractivity contribution in [2.75, 3.05) is 19.7 Å². The van der Waals surface area contributed by atoms with Gasteiger partial charge in [0.1, 0.15) is 4.21 Å². The zero-order valence-corrected chi connectivity index (χ0v) is 13.4. The van der Waals surface area contributed by atoms with Crippen LogP contribution >= 0.6 is 11.3 Å². The predicted octanol–water partition coefficient (Wildman–Crippen LogP) is 2.82. The fourth-order valence-electron chi connectivity index (χ4n) is 2.39. The Balaban J connectivity index is 1.83. The van der Waals surface area contributed by atoms with E-state index in [-0.39, 0.29) is 6.10 Å². The number of ether oxygens (including phenoxy) is 1. The molecule has 0 bridgehead atoms. The highest BCUT2D eigenvalue weighted by Crippen LogP contribution is 2.29. The number of rotatable bonds is 3. The van der Waals surface area contributed by atoms with E-state index in [2.05, 4.69) is 0 Å². The highest BCUT2D eigenvalue weighted by Gasteiger charge is 2.32. The molecule has 1 aromatic carbocycles. The molecule has 1 aliphatic heterocycles. The van der Waals surface area contributed by atoms with Crippen molar-refractivity contribution in [3.63, 3.8) is 0 Å². The lowest BCUT2D eigenvalue weighted by molar-refractivity contribution is -0.00249. The van der Waals surface area contributed by atoms with Gasteiger partial charge >= 0.3 is 0 Å². The van der Waals surface area contributed by atoms with Crippen molar-refractivity contribution in [3.05, 3.63) is 52.9 Å². The largest absolute Gasteiger partial charge is 0.371 e. The number of morpholine rings is 1. The van der Waals surface area contributed by atoms with Crippen LogP contribution in [0.25, 0.3) is 0 Å². The maximum absolute atomic E-state index is 12.7. The number of thiophene rings is 1. The lowest BCUT2D eigenvalue weighted by Gasteiger charge is -2.32. The van der Waals surface area contributed by atoms with E-state index in [0.717, 1.165) is 10.4 Å². The molecule has 0 saturated carbocycles. The zero-order valence-electron chi connectivity index (χ0n) is 11.7. The van der Waals surface area contributed by atoms with E-state index in [1.54, 1.807) is 6.07 Å².